The van der Waals surface area contributed by atoms with Crippen molar-refractivity contribution in [3.05, 3.63) is 40.3 Å². The Bertz CT molecular complexity index is 601. The van der Waals surface area contributed by atoms with E-state index in [0.29, 0.717) is 27.5 Å². The molecule has 0 spiro atoms. The first kappa shape index (κ1) is 12.7. The Morgan fingerprint density at radius 3 is 2.61 bits per heavy atom. The van der Waals surface area contributed by atoms with Gasteiger partial charge < -0.3 is 0 Å². The van der Waals surface area contributed by atoms with E-state index in [9.17, 15) is 4.39 Å². The second-order valence-corrected chi connectivity index (χ2v) is 4.35. The van der Waals surface area contributed by atoms with Crippen molar-refractivity contribution in [2.24, 2.45) is 5.84 Å². The maximum absolute atomic E-state index is 13.6. The molecule has 0 aliphatic heterocycles. The van der Waals surface area contributed by atoms with E-state index in [-0.39, 0.29) is 11.8 Å². The monoisotopic (exact) mass is 266 g/mol. The van der Waals surface area contributed by atoms with Gasteiger partial charge in [-0.15, -0.1) is 0 Å². The van der Waals surface area contributed by atoms with Crippen molar-refractivity contribution >= 4 is 17.5 Å². The third kappa shape index (κ3) is 2.42. The first-order valence-electron chi connectivity index (χ1n) is 5.29. The number of hydrazine groups is 1. The smallest absolute Gasteiger partial charge is 0.237 e. The summed E-state index contributed by atoms with van der Waals surface area (Å²) in [6.07, 6.45) is 0. The van der Waals surface area contributed by atoms with Crippen LogP contribution in [-0.2, 0) is 0 Å². The highest BCUT2D eigenvalue weighted by atomic mass is 35.5. The molecule has 1 heterocycles. The molecule has 6 heteroatoms. The summed E-state index contributed by atoms with van der Waals surface area (Å²) >= 11 is 6.11. The summed E-state index contributed by atoms with van der Waals surface area (Å²) in [4.78, 5) is 8.22. The van der Waals surface area contributed by atoms with Crippen LogP contribution < -0.4 is 11.3 Å². The van der Waals surface area contributed by atoms with Crippen molar-refractivity contribution in [1.29, 1.82) is 0 Å². The molecule has 0 aliphatic carbocycles. The molecule has 0 unspecified atom stereocenters. The number of halogens is 2. The van der Waals surface area contributed by atoms with Gasteiger partial charge in [0.1, 0.15) is 5.82 Å². The standard InChI is InChI=1S/C12H12ClFN4/c1-6-3-9(13)8(5-10(6)14)11-4-7(2)16-12(17-11)18-15/h3-5H,15H2,1-2H3,(H,16,17,18). The van der Waals surface area contributed by atoms with E-state index < -0.39 is 0 Å². The minimum absolute atomic E-state index is 0.266. The molecule has 4 nitrogen and oxygen atoms in total. The number of nitrogens with zero attached hydrogens (tertiary/aromatic N) is 2. The summed E-state index contributed by atoms with van der Waals surface area (Å²) in [7, 11) is 0. The first-order chi connectivity index (χ1) is 8.51. The van der Waals surface area contributed by atoms with Crippen LogP contribution in [0.5, 0.6) is 0 Å². The summed E-state index contributed by atoms with van der Waals surface area (Å²) in [5.41, 5.74) is 4.61. The zero-order valence-electron chi connectivity index (χ0n) is 9.96. The summed E-state index contributed by atoms with van der Waals surface area (Å²) in [6.45, 7) is 3.45. The van der Waals surface area contributed by atoms with Crippen LogP contribution in [-0.4, -0.2) is 9.97 Å². The summed E-state index contributed by atoms with van der Waals surface area (Å²) < 4.78 is 13.6. The molecular weight excluding hydrogens is 255 g/mol. The molecule has 1 aromatic carbocycles. The van der Waals surface area contributed by atoms with Crippen molar-refractivity contribution in [3.8, 4) is 11.3 Å². The van der Waals surface area contributed by atoms with E-state index in [1.807, 2.05) is 0 Å². The maximum Gasteiger partial charge on any atom is 0.237 e. The molecule has 0 fully saturated rings. The molecular formula is C12H12ClFN4. The van der Waals surface area contributed by atoms with Crippen LogP contribution in [0.2, 0.25) is 5.02 Å². The van der Waals surface area contributed by atoms with E-state index in [1.54, 1.807) is 26.0 Å². The van der Waals surface area contributed by atoms with Gasteiger partial charge in [0, 0.05) is 11.3 Å². The highest BCUT2D eigenvalue weighted by Crippen LogP contribution is 2.29. The number of nitrogens with two attached hydrogens (primary N) is 1. The lowest BCUT2D eigenvalue weighted by Gasteiger charge is -2.08. The van der Waals surface area contributed by atoms with Crippen molar-refractivity contribution < 1.29 is 4.39 Å². The van der Waals surface area contributed by atoms with Crippen LogP contribution >= 0.6 is 11.6 Å². The molecule has 0 saturated heterocycles. The quantitative estimate of drug-likeness (QED) is 0.648. The second-order valence-electron chi connectivity index (χ2n) is 3.94. The van der Waals surface area contributed by atoms with Gasteiger partial charge in [0.25, 0.3) is 0 Å². The average molecular weight is 267 g/mol. The minimum Gasteiger partial charge on any atom is -0.292 e. The van der Waals surface area contributed by atoms with Gasteiger partial charge in [-0.3, -0.25) is 5.43 Å². The minimum atomic E-state index is -0.326. The summed E-state index contributed by atoms with van der Waals surface area (Å²) in [5, 5.41) is 0.440. The fourth-order valence-corrected chi connectivity index (χ4v) is 1.93. The third-order valence-corrected chi connectivity index (χ3v) is 2.82. The molecule has 18 heavy (non-hydrogen) atoms. The second kappa shape index (κ2) is 4.88. The number of hydrogen-bond acceptors (Lipinski definition) is 4. The molecule has 1 aromatic heterocycles. The van der Waals surface area contributed by atoms with E-state index in [1.165, 1.54) is 6.07 Å². The van der Waals surface area contributed by atoms with Gasteiger partial charge in [-0.1, -0.05) is 11.6 Å². The zero-order chi connectivity index (χ0) is 13.3. The van der Waals surface area contributed by atoms with E-state index in [2.05, 4.69) is 15.4 Å². The molecule has 0 saturated carbocycles. The van der Waals surface area contributed by atoms with E-state index in [4.69, 9.17) is 17.4 Å². The van der Waals surface area contributed by atoms with Crippen LogP contribution in [0.15, 0.2) is 18.2 Å². The van der Waals surface area contributed by atoms with E-state index >= 15 is 0 Å². The van der Waals surface area contributed by atoms with E-state index in [0.717, 1.165) is 0 Å². The average Bonchev–Trinajstić information content (AvgIpc) is 2.33. The fraction of sp³-hybridized carbons (Fsp3) is 0.167. The first-order valence-corrected chi connectivity index (χ1v) is 5.67. The predicted octanol–water partition coefficient (Wildman–Crippen LogP) is 2.84. The predicted molar refractivity (Wildman–Crippen MR) is 69.7 cm³/mol. The molecule has 0 atom stereocenters. The highest BCUT2D eigenvalue weighted by molar-refractivity contribution is 6.33. The molecule has 0 amide bonds. The maximum atomic E-state index is 13.6. The van der Waals surface area contributed by atoms with Gasteiger partial charge in [-0.25, -0.2) is 20.2 Å². The fourth-order valence-electron chi connectivity index (χ4n) is 1.61. The lowest BCUT2D eigenvalue weighted by atomic mass is 10.1. The van der Waals surface area contributed by atoms with Crippen LogP contribution in [0.1, 0.15) is 11.3 Å². The van der Waals surface area contributed by atoms with Crippen LogP contribution in [0.3, 0.4) is 0 Å². The number of rotatable bonds is 2. The Kier molecular flexibility index (Phi) is 3.45. The molecule has 3 N–H and O–H groups in total. The van der Waals surface area contributed by atoms with Gasteiger partial charge in [0.05, 0.1) is 10.7 Å². The Morgan fingerprint density at radius 2 is 1.94 bits per heavy atom. The number of nitrogen functional groups attached to an aromatic ring is 1. The molecule has 2 aromatic rings. The zero-order valence-corrected chi connectivity index (χ0v) is 10.7. The number of hydrogen-bond donors (Lipinski definition) is 2. The number of aryl methyl sites for hydroxylation is 2. The van der Waals surface area contributed by atoms with Crippen molar-refractivity contribution in [2.75, 3.05) is 5.43 Å². The van der Waals surface area contributed by atoms with Gasteiger partial charge in [0.15, 0.2) is 0 Å². The van der Waals surface area contributed by atoms with Gasteiger partial charge in [-0.05, 0) is 37.6 Å². The Balaban J connectivity index is 2.61. The van der Waals surface area contributed by atoms with Crippen molar-refractivity contribution in [2.45, 2.75) is 13.8 Å². The van der Waals surface area contributed by atoms with Crippen molar-refractivity contribution in [1.82, 2.24) is 9.97 Å². The Labute approximate surface area is 109 Å². The summed E-state index contributed by atoms with van der Waals surface area (Å²) in [6, 6.07) is 4.65. The van der Waals surface area contributed by atoms with Gasteiger partial charge >= 0.3 is 0 Å². The SMILES string of the molecule is Cc1cc(-c2cc(F)c(C)cc2Cl)nc(NN)n1. The lowest BCUT2D eigenvalue weighted by molar-refractivity contribution is 0.619. The van der Waals surface area contributed by atoms with Crippen LogP contribution in [0.25, 0.3) is 11.3 Å². The van der Waals surface area contributed by atoms with Gasteiger partial charge in [0.2, 0.25) is 5.95 Å². The molecule has 0 radical (unpaired) electrons. The number of nitrogens with one attached hydrogen (secondary N) is 1. The molecule has 0 bridgehead atoms. The number of anilines is 1. The molecule has 0 aliphatic rings. The third-order valence-electron chi connectivity index (χ3n) is 2.51. The number of aromatic nitrogens is 2. The van der Waals surface area contributed by atoms with Crippen molar-refractivity contribution in [3.63, 3.8) is 0 Å². The summed E-state index contributed by atoms with van der Waals surface area (Å²) in [5.74, 6) is 5.22. The largest absolute Gasteiger partial charge is 0.292 e. The van der Waals surface area contributed by atoms with Crippen LogP contribution in [0, 0.1) is 19.7 Å². The topological polar surface area (TPSA) is 63.8 Å². The Morgan fingerprint density at radius 1 is 1.22 bits per heavy atom. The highest BCUT2D eigenvalue weighted by Gasteiger charge is 2.11. The number of benzene rings is 1. The molecule has 2 rings (SSSR count). The normalized spacial score (nSPS) is 10.5. The Hall–Kier alpha value is -1.72. The lowest BCUT2D eigenvalue weighted by Crippen LogP contribution is -2.11. The molecule has 94 valence electrons. The van der Waals surface area contributed by atoms with Gasteiger partial charge in [-0.2, -0.15) is 0 Å². The van der Waals surface area contributed by atoms with Crippen LogP contribution in [0.4, 0.5) is 10.3 Å².